The van der Waals surface area contributed by atoms with Crippen LogP contribution in [-0.2, 0) is 10.1 Å². The van der Waals surface area contributed by atoms with E-state index in [9.17, 15) is 13.2 Å². The first kappa shape index (κ1) is 36.2. The van der Waals surface area contributed by atoms with Crippen LogP contribution in [0.2, 0.25) is 0 Å². The van der Waals surface area contributed by atoms with Crippen LogP contribution in [-0.4, -0.2) is 32.5 Å². The number of hydrogen-bond donors (Lipinski definition) is 4. The molecular formula is CH4Cl3F3LaO15S. The maximum absolute atomic E-state index is 10.7. The monoisotopic (exact) mass is 589 g/mol. The molecule has 4 N–H and O–H groups in total. The third-order valence-corrected chi connectivity index (χ3v) is 0.877. The molecule has 0 aromatic heterocycles. The molecule has 0 saturated carbocycles. The zero-order chi connectivity index (χ0) is 20.5. The van der Waals surface area contributed by atoms with Gasteiger partial charge in [-0.25, -0.2) is 0 Å². The van der Waals surface area contributed by atoms with Gasteiger partial charge in [0.05, 0.1) is 44.7 Å². The van der Waals surface area contributed by atoms with Gasteiger partial charge in [-0.2, -0.15) is 63.5 Å². The summed E-state index contributed by atoms with van der Waals surface area (Å²) in [5.41, 5.74) is -5.53. The van der Waals surface area contributed by atoms with Gasteiger partial charge in [0.25, 0.3) is 0 Å². The SMILES string of the molecule is O=S(=O)(O)C(F)(F)F.[La].[O-][Cl+3]([O-])([O-])O.[O-][Cl+3]([O-])([O-])O.[O-][Cl+3]([O-])([O-])O. The molecule has 1 radical (unpaired) electrons. The van der Waals surface area contributed by atoms with Crippen molar-refractivity contribution in [3.63, 3.8) is 0 Å². The zero-order valence-electron chi connectivity index (χ0n) is 10.0. The predicted octanol–water partition coefficient (Wildman–Crippen LogP) is -12.0. The van der Waals surface area contributed by atoms with Crippen molar-refractivity contribution in [3.05, 3.63) is 0 Å². The Balaban J connectivity index is -0.0000000677. The first-order chi connectivity index (χ1) is 9.25. The van der Waals surface area contributed by atoms with Gasteiger partial charge in [0.15, 0.2) is 0 Å². The van der Waals surface area contributed by atoms with E-state index < -0.39 is 46.4 Å². The first-order valence-corrected chi connectivity index (χ1v) is 8.41. The fourth-order valence-electron chi connectivity index (χ4n) is 0. The van der Waals surface area contributed by atoms with E-state index in [0.717, 1.165) is 0 Å². The molecule has 0 bridgehead atoms. The first-order valence-electron chi connectivity index (χ1n) is 3.18. The molecule has 0 aromatic rings. The molecule has 0 aliphatic heterocycles. The molecule has 15 nitrogen and oxygen atoms in total. The molecule has 0 atom stereocenters. The Morgan fingerprint density at radius 1 is 0.667 bits per heavy atom. The molecule has 23 heteroatoms. The Kier molecular flexibility index (Phi) is 20.3. The summed E-state index contributed by atoms with van der Waals surface area (Å²) in [5.74, 6) is 0. The van der Waals surface area contributed by atoms with Gasteiger partial charge in [-0.3, -0.25) is 4.55 Å². The molecule has 0 amide bonds. The van der Waals surface area contributed by atoms with E-state index in [0.29, 0.717) is 0 Å². The van der Waals surface area contributed by atoms with Crippen molar-refractivity contribution in [1.29, 1.82) is 0 Å². The summed E-state index contributed by atoms with van der Waals surface area (Å²) in [6, 6.07) is 0. The Labute approximate surface area is 163 Å². The summed E-state index contributed by atoms with van der Waals surface area (Å²) in [4.78, 5) is 0. The standard InChI is InChI=1S/CHF3O3S.3ClHO4.La/c2-1(3,4)8(5,6)7;3*2-1(3,4)5;/h(H,5,6,7);3*(H,2,3,4,5);. The van der Waals surface area contributed by atoms with E-state index in [1.807, 2.05) is 0 Å². The quantitative estimate of drug-likeness (QED) is 0.150. The summed E-state index contributed by atoms with van der Waals surface area (Å²) < 4.78 is 156. The van der Waals surface area contributed by atoms with Crippen LogP contribution in [0.15, 0.2) is 0 Å². The second kappa shape index (κ2) is 13.5. The summed E-state index contributed by atoms with van der Waals surface area (Å²) in [6.45, 7) is 0. The third kappa shape index (κ3) is 109. The van der Waals surface area contributed by atoms with E-state index in [2.05, 4.69) is 0 Å². The summed E-state index contributed by atoms with van der Waals surface area (Å²) in [6.07, 6.45) is 0. The fourth-order valence-corrected chi connectivity index (χ4v) is 0. The molecule has 0 spiro atoms. The number of halogens is 6. The maximum Gasteiger partial charge on any atom is 0.522 e. The van der Waals surface area contributed by atoms with E-state index in [1.54, 1.807) is 0 Å². The van der Waals surface area contributed by atoms with Gasteiger partial charge >= 0.3 is 15.6 Å². The molecule has 0 rings (SSSR count). The molecule has 0 unspecified atom stereocenters. The minimum Gasteiger partial charge on any atom is -0.279 e. The zero-order valence-corrected chi connectivity index (χ0v) is 16.7. The van der Waals surface area contributed by atoms with Crippen LogP contribution in [0.5, 0.6) is 0 Å². The van der Waals surface area contributed by atoms with Crippen LogP contribution in [0.4, 0.5) is 13.2 Å². The van der Waals surface area contributed by atoms with Crippen molar-refractivity contribution < 1.29 is 148 Å². The molecule has 0 aromatic carbocycles. The van der Waals surface area contributed by atoms with Crippen LogP contribution >= 0.6 is 0 Å². The second-order valence-electron chi connectivity index (χ2n) is 2.11. The number of hydrogen-bond acceptors (Lipinski definition) is 14. The van der Waals surface area contributed by atoms with Gasteiger partial charge in [0, 0.05) is 35.6 Å². The number of alkyl halides is 3. The van der Waals surface area contributed by atoms with Gasteiger partial charge < -0.3 is 0 Å². The molecule has 0 fully saturated rings. The average molecular weight is 590 g/mol. The summed E-state index contributed by atoms with van der Waals surface area (Å²) in [7, 11) is -19.9. The van der Waals surface area contributed by atoms with Crippen molar-refractivity contribution in [2.45, 2.75) is 5.51 Å². The van der Waals surface area contributed by atoms with E-state index >= 15 is 0 Å². The van der Waals surface area contributed by atoms with Crippen molar-refractivity contribution in [2.75, 3.05) is 0 Å². The van der Waals surface area contributed by atoms with Crippen LogP contribution in [0, 0.1) is 66.3 Å². The Morgan fingerprint density at radius 2 is 0.708 bits per heavy atom. The van der Waals surface area contributed by atoms with Crippen LogP contribution in [0.3, 0.4) is 0 Å². The third-order valence-electron chi connectivity index (χ3n) is 0.292. The Morgan fingerprint density at radius 3 is 0.708 bits per heavy atom. The van der Waals surface area contributed by atoms with Crippen molar-refractivity contribution in [2.24, 2.45) is 0 Å². The minimum atomic E-state index is -5.84. The smallest absolute Gasteiger partial charge is 0.279 e. The fraction of sp³-hybridized carbons (Fsp3) is 1.00. The summed E-state index contributed by atoms with van der Waals surface area (Å²) >= 11 is 0. The Bertz CT molecular complexity index is 344. The van der Waals surface area contributed by atoms with Crippen molar-refractivity contribution in [3.8, 4) is 0 Å². The summed E-state index contributed by atoms with van der Waals surface area (Å²) in [5, 5.41) is 0. The second-order valence-corrected chi connectivity index (χ2v) is 5.90. The molecule has 0 aliphatic rings. The van der Waals surface area contributed by atoms with E-state index in [4.69, 9.17) is 68.9 Å². The van der Waals surface area contributed by atoms with Gasteiger partial charge in [-0.15, -0.1) is 0 Å². The molecular weight excluding hydrogens is 586 g/mol. The molecule has 0 heterocycles. The largest absolute Gasteiger partial charge is 0.522 e. The van der Waals surface area contributed by atoms with Crippen molar-refractivity contribution >= 4 is 10.1 Å². The Hall–Kier alpha value is 1.28. The molecule has 149 valence electrons. The van der Waals surface area contributed by atoms with Crippen LogP contribution in [0.25, 0.3) is 0 Å². The molecule has 0 aliphatic carbocycles. The molecule has 0 saturated heterocycles. The van der Waals surface area contributed by atoms with Gasteiger partial charge in [0.1, 0.15) is 0 Å². The van der Waals surface area contributed by atoms with Crippen molar-refractivity contribution in [1.82, 2.24) is 0 Å². The normalized spacial score (nSPS) is 12.2. The maximum atomic E-state index is 10.7. The van der Waals surface area contributed by atoms with Gasteiger partial charge in [0.2, 0.25) is 0 Å². The predicted molar refractivity (Wildman–Crippen MR) is 24.3 cm³/mol. The van der Waals surface area contributed by atoms with E-state index in [1.165, 1.54) is 0 Å². The minimum absolute atomic E-state index is 0. The van der Waals surface area contributed by atoms with Gasteiger partial charge in [-0.05, 0) is 0 Å². The van der Waals surface area contributed by atoms with Crippen LogP contribution < -0.4 is 41.9 Å². The molecule has 24 heavy (non-hydrogen) atoms. The topological polar surface area (TPSA) is 323 Å². The van der Waals surface area contributed by atoms with Gasteiger partial charge in [-0.1, -0.05) is 0 Å². The average Bonchev–Trinajstić information content (AvgIpc) is 1.86. The van der Waals surface area contributed by atoms with E-state index in [-0.39, 0.29) is 35.6 Å². The van der Waals surface area contributed by atoms with Crippen LogP contribution in [0.1, 0.15) is 0 Å². The number of rotatable bonds is 0.